The van der Waals surface area contributed by atoms with Crippen molar-refractivity contribution in [2.24, 2.45) is 5.73 Å². The van der Waals surface area contributed by atoms with Crippen molar-refractivity contribution >= 4 is 32.3 Å². The molecule has 0 aromatic carbocycles. The molecule has 1 aliphatic heterocycles. The number of nitrogens with one attached hydrogen (secondary N) is 2. The zero-order valence-electron chi connectivity index (χ0n) is 10.3. The number of hydrogen-bond acceptors (Lipinski definition) is 6. The second kappa shape index (κ2) is 5.10. The van der Waals surface area contributed by atoms with E-state index in [9.17, 15) is 4.79 Å². The van der Waals surface area contributed by atoms with Crippen LogP contribution in [0.4, 0.5) is 5.00 Å². The summed E-state index contributed by atoms with van der Waals surface area (Å²) in [7, 11) is 0. The number of thiophene rings is 1. The van der Waals surface area contributed by atoms with Crippen molar-refractivity contribution in [3.8, 4) is 0 Å². The van der Waals surface area contributed by atoms with E-state index in [1.807, 2.05) is 6.07 Å². The van der Waals surface area contributed by atoms with Crippen LogP contribution in [0.5, 0.6) is 0 Å². The highest BCUT2D eigenvalue weighted by Gasteiger charge is 2.16. The Hall–Kier alpha value is -1.73. The highest BCUT2D eigenvalue weighted by Crippen LogP contribution is 2.31. The van der Waals surface area contributed by atoms with Crippen LogP contribution in [0.25, 0.3) is 10.1 Å². The van der Waals surface area contributed by atoms with Gasteiger partial charge in [-0.2, -0.15) is 5.10 Å². The minimum atomic E-state index is -0.536. The normalized spacial score (nSPS) is 19.5. The van der Waals surface area contributed by atoms with E-state index in [1.54, 1.807) is 6.20 Å². The van der Waals surface area contributed by atoms with Crippen LogP contribution in [0.3, 0.4) is 0 Å². The zero-order chi connectivity index (χ0) is 13.2. The molecule has 0 radical (unpaired) electrons. The average Bonchev–Trinajstić information content (AvgIpc) is 2.81. The van der Waals surface area contributed by atoms with Crippen molar-refractivity contribution in [3.05, 3.63) is 18.0 Å². The number of amides is 1. The standard InChI is InChI=1S/C12H15N5OS/c13-12(18)10-11-7(5-15-17-10)4-9(19-11)16-8-2-1-3-14-6-8/h4-5,8,14,16H,1-3,6H2,(H2,13,18). The van der Waals surface area contributed by atoms with Crippen molar-refractivity contribution in [3.63, 3.8) is 0 Å². The van der Waals surface area contributed by atoms with E-state index < -0.39 is 5.91 Å². The molecule has 3 heterocycles. The third kappa shape index (κ3) is 2.52. The summed E-state index contributed by atoms with van der Waals surface area (Å²) in [6, 6.07) is 2.43. The molecule has 100 valence electrons. The molecule has 1 aliphatic rings. The van der Waals surface area contributed by atoms with Crippen molar-refractivity contribution in [2.45, 2.75) is 18.9 Å². The number of nitrogens with two attached hydrogens (primary N) is 1. The zero-order valence-corrected chi connectivity index (χ0v) is 11.2. The Morgan fingerprint density at radius 2 is 2.47 bits per heavy atom. The largest absolute Gasteiger partial charge is 0.373 e. The molecular weight excluding hydrogens is 262 g/mol. The predicted molar refractivity (Wildman–Crippen MR) is 75.4 cm³/mol. The Balaban J connectivity index is 1.88. The van der Waals surface area contributed by atoms with Gasteiger partial charge in [0.05, 0.1) is 15.9 Å². The Bertz CT molecular complexity index is 605. The number of hydrogen-bond donors (Lipinski definition) is 3. The van der Waals surface area contributed by atoms with Gasteiger partial charge < -0.3 is 16.4 Å². The van der Waals surface area contributed by atoms with Gasteiger partial charge in [0.2, 0.25) is 0 Å². The number of nitrogens with zero attached hydrogens (tertiary/aromatic N) is 2. The van der Waals surface area contributed by atoms with E-state index in [1.165, 1.54) is 17.8 Å². The summed E-state index contributed by atoms with van der Waals surface area (Å²) in [5.41, 5.74) is 5.56. The summed E-state index contributed by atoms with van der Waals surface area (Å²) in [4.78, 5) is 11.3. The summed E-state index contributed by atoms with van der Waals surface area (Å²) >= 11 is 1.50. The smallest absolute Gasteiger partial charge is 0.270 e. The lowest BCUT2D eigenvalue weighted by atomic mass is 10.1. The number of carbonyl (C=O) groups excluding carboxylic acids is 1. The summed E-state index contributed by atoms with van der Waals surface area (Å²) in [5.74, 6) is -0.536. The monoisotopic (exact) mass is 277 g/mol. The van der Waals surface area contributed by atoms with Crippen LogP contribution >= 0.6 is 11.3 Å². The van der Waals surface area contributed by atoms with Crippen LogP contribution in [0.15, 0.2) is 12.3 Å². The SMILES string of the molecule is NC(=O)c1nncc2cc(NC3CCCNC3)sc12. The van der Waals surface area contributed by atoms with Crippen LogP contribution in [-0.4, -0.2) is 35.2 Å². The van der Waals surface area contributed by atoms with Gasteiger partial charge in [0, 0.05) is 18.0 Å². The second-order valence-corrected chi connectivity index (χ2v) is 5.69. The first-order valence-electron chi connectivity index (χ1n) is 6.26. The third-order valence-electron chi connectivity index (χ3n) is 3.21. The molecule has 0 spiro atoms. The maximum atomic E-state index is 11.3. The van der Waals surface area contributed by atoms with E-state index in [-0.39, 0.29) is 5.69 Å². The quantitative estimate of drug-likeness (QED) is 0.777. The van der Waals surface area contributed by atoms with Crippen LogP contribution < -0.4 is 16.4 Å². The molecule has 7 heteroatoms. The van der Waals surface area contributed by atoms with Crippen molar-refractivity contribution < 1.29 is 4.79 Å². The second-order valence-electron chi connectivity index (χ2n) is 4.64. The Kier molecular flexibility index (Phi) is 3.31. The molecule has 19 heavy (non-hydrogen) atoms. The first-order valence-corrected chi connectivity index (χ1v) is 7.08. The Labute approximate surface area is 114 Å². The van der Waals surface area contributed by atoms with Gasteiger partial charge in [-0.15, -0.1) is 16.4 Å². The summed E-state index contributed by atoms with van der Waals surface area (Å²) in [5, 5.41) is 16.4. The lowest BCUT2D eigenvalue weighted by molar-refractivity contribution is 0.0996. The Morgan fingerprint density at radius 1 is 1.58 bits per heavy atom. The molecule has 3 rings (SSSR count). The number of aromatic nitrogens is 2. The van der Waals surface area contributed by atoms with Gasteiger partial charge in [0.1, 0.15) is 0 Å². The van der Waals surface area contributed by atoms with E-state index in [4.69, 9.17) is 5.73 Å². The van der Waals surface area contributed by atoms with Crippen molar-refractivity contribution in [2.75, 3.05) is 18.4 Å². The van der Waals surface area contributed by atoms with E-state index in [0.717, 1.165) is 34.6 Å². The number of rotatable bonds is 3. The predicted octanol–water partition coefficient (Wildman–Crippen LogP) is 0.954. The Morgan fingerprint density at radius 3 is 3.21 bits per heavy atom. The molecule has 1 unspecified atom stereocenters. The molecule has 2 aromatic heterocycles. The van der Waals surface area contributed by atoms with Gasteiger partial charge in [-0.25, -0.2) is 0 Å². The van der Waals surface area contributed by atoms with Crippen LogP contribution in [0.2, 0.25) is 0 Å². The van der Waals surface area contributed by atoms with Gasteiger partial charge in [0.15, 0.2) is 5.69 Å². The van der Waals surface area contributed by atoms with E-state index in [0.29, 0.717) is 6.04 Å². The van der Waals surface area contributed by atoms with Gasteiger partial charge in [-0.3, -0.25) is 4.79 Å². The summed E-state index contributed by atoms with van der Waals surface area (Å²) in [6.45, 7) is 2.05. The maximum absolute atomic E-state index is 11.3. The summed E-state index contributed by atoms with van der Waals surface area (Å²) in [6.07, 6.45) is 3.99. The lowest BCUT2D eigenvalue weighted by Gasteiger charge is -2.23. The fourth-order valence-corrected chi connectivity index (χ4v) is 3.39. The average molecular weight is 277 g/mol. The molecule has 0 bridgehead atoms. The van der Waals surface area contributed by atoms with Crippen LogP contribution in [-0.2, 0) is 0 Å². The van der Waals surface area contributed by atoms with Gasteiger partial charge in [-0.05, 0) is 25.5 Å². The molecular formula is C12H15N5OS. The van der Waals surface area contributed by atoms with E-state index in [2.05, 4.69) is 20.8 Å². The molecule has 0 aliphatic carbocycles. The first kappa shape index (κ1) is 12.3. The third-order valence-corrected chi connectivity index (χ3v) is 4.30. The molecule has 0 saturated carbocycles. The number of piperidine rings is 1. The number of fused-ring (bicyclic) bond motifs is 1. The highest BCUT2D eigenvalue weighted by atomic mass is 32.1. The fraction of sp³-hybridized carbons (Fsp3) is 0.417. The number of primary amides is 1. The molecule has 1 atom stereocenters. The van der Waals surface area contributed by atoms with Crippen molar-refractivity contribution in [1.82, 2.24) is 15.5 Å². The molecule has 4 N–H and O–H groups in total. The topological polar surface area (TPSA) is 92.9 Å². The van der Waals surface area contributed by atoms with Crippen molar-refractivity contribution in [1.29, 1.82) is 0 Å². The van der Waals surface area contributed by atoms with Crippen LogP contribution in [0.1, 0.15) is 23.3 Å². The molecule has 1 saturated heterocycles. The van der Waals surface area contributed by atoms with Gasteiger partial charge in [-0.1, -0.05) is 0 Å². The maximum Gasteiger partial charge on any atom is 0.270 e. The number of carbonyl (C=O) groups is 1. The molecule has 1 fully saturated rings. The highest BCUT2D eigenvalue weighted by molar-refractivity contribution is 7.23. The van der Waals surface area contributed by atoms with E-state index >= 15 is 0 Å². The minimum absolute atomic E-state index is 0.248. The van der Waals surface area contributed by atoms with Crippen LogP contribution in [0, 0.1) is 0 Å². The fourth-order valence-electron chi connectivity index (χ4n) is 2.29. The molecule has 1 amide bonds. The number of anilines is 1. The van der Waals surface area contributed by atoms with Gasteiger partial charge in [0.25, 0.3) is 5.91 Å². The van der Waals surface area contributed by atoms with Gasteiger partial charge >= 0.3 is 0 Å². The first-order chi connectivity index (χ1) is 9.24. The minimum Gasteiger partial charge on any atom is -0.373 e. The molecule has 6 nitrogen and oxygen atoms in total. The summed E-state index contributed by atoms with van der Waals surface area (Å²) < 4.78 is 0.800. The lowest BCUT2D eigenvalue weighted by Crippen LogP contribution is -2.38. The molecule has 2 aromatic rings.